The summed E-state index contributed by atoms with van der Waals surface area (Å²) in [6.07, 6.45) is 1.52. The molecule has 6 heteroatoms. The molecule has 3 rings (SSSR count). The van der Waals surface area contributed by atoms with Crippen LogP contribution in [0.1, 0.15) is 17.4 Å². The first-order chi connectivity index (χ1) is 9.20. The van der Waals surface area contributed by atoms with Gasteiger partial charge in [-0.05, 0) is 19.1 Å². The second-order valence-corrected chi connectivity index (χ2v) is 4.12. The van der Waals surface area contributed by atoms with Gasteiger partial charge >= 0.3 is 35.5 Å². The van der Waals surface area contributed by atoms with Crippen molar-refractivity contribution in [1.29, 1.82) is 0 Å². The average Bonchev–Trinajstić information content (AvgIpc) is 2.83. The van der Waals surface area contributed by atoms with Crippen LogP contribution < -0.4 is 4.74 Å². The number of imidazole rings is 1. The Morgan fingerprint density at radius 3 is 2.85 bits per heavy atom. The van der Waals surface area contributed by atoms with Gasteiger partial charge in [-0.15, -0.1) is 0 Å². The van der Waals surface area contributed by atoms with Crippen molar-refractivity contribution in [1.82, 2.24) is 9.38 Å². The normalized spacial score (nSPS) is 10.4. The maximum atomic E-state index is 11.0. The van der Waals surface area contributed by atoms with Crippen LogP contribution in [-0.4, -0.2) is 56.6 Å². The number of carbonyl (C=O) groups is 1. The van der Waals surface area contributed by atoms with Gasteiger partial charge in [0.2, 0.25) is 0 Å². The molecule has 0 saturated carbocycles. The quantitative estimate of drug-likeness (QED) is 0.745. The number of carboxylic acids is 1. The van der Waals surface area contributed by atoms with E-state index in [0.29, 0.717) is 18.0 Å². The van der Waals surface area contributed by atoms with Crippen molar-refractivity contribution in [3.05, 3.63) is 42.2 Å². The third-order valence-electron chi connectivity index (χ3n) is 2.94. The Kier molecular flexibility index (Phi) is 4.32. The number of pyridine rings is 1. The number of nitrogens with zero attached hydrogens (tertiary/aromatic N) is 2. The van der Waals surface area contributed by atoms with Crippen molar-refractivity contribution in [2.45, 2.75) is 6.92 Å². The number of para-hydroxylation sites is 1. The molecule has 0 bridgehead atoms. The van der Waals surface area contributed by atoms with E-state index in [2.05, 4.69) is 4.98 Å². The molecule has 0 amide bonds. The number of aromatic carboxylic acids is 1. The molecule has 5 nitrogen and oxygen atoms in total. The predicted molar refractivity (Wildman–Crippen MR) is 78.0 cm³/mol. The van der Waals surface area contributed by atoms with Crippen LogP contribution in [0, 0.1) is 0 Å². The number of ether oxygens (including phenoxy) is 1. The first-order valence-electron chi connectivity index (χ1n) is 5.97. The van der Waals surface area contributed by atoms with Gasteiger partial charge in [0.05, 0.1) is 12.1 Å². The number of aromatic nitrogens is 2. The summed E-state index contributed by atoms with van der Waals surface area (Å²) in [4.78, 5) is 15.1. The molecule has 98 valence electrons. The first kappa shape index (κ1) is 14.8. The average molecular weight is 280 g/mol. The Morgan fingerprint density at radius 2 is 2.15 bits per heavy atom. The van der Waals surface area contributed by atoms with E-state index in [0.717, 1.165) is 10.9 Å². The minimum atomic E-state index is -1.04. The van der Waals surface area contributed by atoms with Gasteiger partial charge in [0.25, 0.3) is 0 Å². The Balaban J connectivity index is 0.00000147. The first-order valence-corrected chi connectivity index (χ1v) is 5.97. The molecular weight excluding hydrogens is 267 g/mol. The fourth-order valence-electron chi connectivity index (χ4n) is 2.15. The van der Waals surface area contributed by atoms with E-state index >= 15 is 0 Å². The topological polar surface area (TPSA) is 63.8 Å². The van der Waals surface area contributed by atoms with Crippen molar-refractivity contribution in [2.75, 3.05) is 6.61 Å². The van der Waals surface area contributed by atoms with Crippen molar-refractivity contribution in [2.24, 2.45) is 0 Å². The van der Waals surface area contributed by atoms with E-state index in [9.17, 15) is 4.79 Å². The Labute approximate surface area is 137 Å². The predicted octanol–water partition coefficient (Wildman–Crippen LogP) is 1.94. The van der Waals surface area contributed by atoms with Gasteiger partial charge in [0, 0.05) is 17.6 Å². The molecule has 0 fully saturated rings. The molecule has 0 unspecified atom stereocenters. The number of hydrogen-bond donors (Lipinski definition) is 1. The molecule has 2 aromatic heterocycles. The minimum absolute atomic E-state index is 0. The molecule has 20 heavy (non-hydrogen) atoms. The summed E-state index contributed by atoms with van der Waals surface area (Å²) in [5.74, 6) is -0.320. The van der Waals surface area contributed by atoms with Gasteiger partial charge in [-0.2, -0.15) is 0 Å². The summed E-state index contributed by atoms with van der Waals surface area (Å²) in [6, 6.07) is 9.44. The fourth-order valence-corrected chi connectivity index (χ4v) is 2.15. The van der Waals surface area contributed by atoms with Crippen LogP contribution in [0.3, 0.4) is 0 Å². The van der Waals surface area contributed by atoms with Gasteiger partial charge < -0.3 is 9.84 Å². The molecule has 0 aliphatic rings. The molecule has 0 aliphatic carbocycles. The molecule has 0 aliphatic heterocycles. The van der Waals surface area contributed by atoms with Crippen LogP contribution in [0.15, 0.2) is 36.5 Å². The van der Waals surface area contributed by atoms with Crippen molar-refractivity contribution in [3.8, 4) is 5.75 Å². The van der Waals surface area contributed by atoms with E-state index in [1.54, 1.807) is 10.5 Å². The number of rotatable bonds is 3. The molecule has 1 N–H and O–H groups in total. The van der Waals surface area contributed by atoms with Crippen molar-refractivity contribution < 1.29 is 14.6 Å². The van der Waals surface area contributed by atoms with Crippen LogP contribution in [0.2, 0.25) is 0 Å². The summed E-state index contributed by atoms with van der Waals surface area (Å²) >= 11 is 0. The standard InChI is InChI=1S/C14H12N2O3.Na.H/c1-2-19-12-7-13-15-10(14(17)18)8-16(13)11-6-4-3-5-9(11)12;;/h3-8H,2H2,1H3,(H,17,18);;. The number of carboxylic acid groups (broad SMARTS) is 1. The van der Waals surface area contributed by atoms with E-state index in [1.807, 2.05) is 31.2 Å². The Morgan fingerprint density at radius 1 is 1.40 bits per heavy atom. The monoisotopic (exact) mass is 280 g/mol. The van der Waals surface area contributed by atoms with Crippen LogP contribution in [-0.2, 0) is 0 Å². The fraction of sp³-hybridized carbons (Fsp3) is 0.143. The summed E-state index contributed by atoms with van der Waals surface area (Å²) in [5.41, 5.74) is 1.47. The Hall–Kier alpha value is -1.56. The van der Waals surface area contributed by atoms with Gasteiger partial charge in [0.1, 0.15) is 11.4 Å². The molecule has 0 radical (unpaired) electrons. The zero-order chi connectivity index (χ0) is 13.4. The van der Waals surface area contributed by atoms with Gasteiger partial charge in [-0.25, -0.2) is 9.78 Å². The van der Waals surface area contributed by atoms with E-state index in [1.165, 1.54) is 6.20 Å². The molecule has 2 heterocycles. The van der Waals surface area contributed by atoms with Gasteiger partial charge in [-0.3, -0.25) is 4.40 Å². The van der Waals surface area contributed by atoms with Gasteiger partial charge in [-0.1, -0.05) is 12.1 Å². The van der Waals surface area contributed by atoms with Crippen LogP contribution in [0.4, 0.5) is 0 Å². The molecule has 0 saturated heterocycles. The molecule has 3 aromatic rings. The second kappa shape index (κ2) is 5.83. The SMILES string of the molecule is CCOc1cc2nc(C(=O)O)cn2c2ccccc12.[NaH]. The Bertz CT molecular complexity index is 783. The van der Waals surface area contributed by atoms with Crippen molar-refractivity contribution in [3.63, 3.8) is 0 Å². The maximum absolute atomic E-state index is 11.0. The summed E-state index contributed by atoms with van der Waals surface area (Å²) in [7, 11) is 0. The van der Waals surface area contributed by atoms with Crippen LogP contribution >= 0.6 is 0 Å². The van der Waals surface area contributed by atoms with E-state index < -0.39 is 5.97 Å². The molecule has 0 atom stereocenters. The van der Waals surface area contributed by atoms with E-state index in [4.69, 9.17) is 9.84 Å². The number of hydrogen-bond acceptors (Lipinski definition) is 3. The second-order valence-electron chi connectivity index (χ2n) is 4.12. The molecular formula is C14H13N2NaO3. The van der Waals surface area contributed by atoms with E-state index in [-0.39, 0.29) is 35.3 Å². The van der Waals surface area contributed by atoms with Crippen molar-refractivity contribution >= 4 is 52.1 Å². The summed E-state index contributed by atoms with van der Waals surface area (Å²) < 4.78 is 7.36. The van der Waals surface area contributed by atoms with Crippen LogP contribution in [0.25, 0.3) is 16.6 Å². The molecule has 0 spiro atoms. The molecule has 1 aromatic carbocycles. The number of benzene rings is 1. The zero-order valence-electron chi connectivity index (χ0n) is 10.3. The van der Waals surface area contributed by atoms with Gasteiger partial charge in [0.15, 0.2) is 5.69 Å². The van der Waals surface area contributed by atoms with Crippen LogP contribution in [0.5, 0.6) is 5.75 Å². The third-order valence-corrected chi connectivity index (χ3v) is 2.94. The number of fused-ring (bicyclic) bond motifs is 3. The third kappa shape index (κ3) is 2.40. The zero-order valence-corrected chi connectivity index (χ0v) is 10.3. The summed E-state index contributed by atoms with van der Waals surface area (Å²) in [6.45, 7) is 2.46. The summed E-state index contributed by atoms with van der Waals surface area (Å²) in [5, 5.41) is 9.96.